The molecule has 1 aromatic heterocycles. The van der Waals surface area contributed by atoms with Gasteiger partial charge in [0.2, 0.25) is 5.91 Å². The van der Waals surface area contributed by atoms with Crippen LogP contribution in [0.2, 0.25) is 0 Å². The van der Waals surface area contributed by atoms with E-state index in [9.17, 15) is 14.4 Å². The Labute approximate surface area is 137 Å². The first kappa shape index (κ1) is 18.5. The maximum Gasteiger partial charge on any atom is 0.326 e. The zero-order chi connectivity index (χ0) is 16.8. The largest absolute Gasteiger partial charge is 0.480 e. The summed E-state index contributed by atoms with van der Waals surface area (Å²) in [6.45, 7) is 3.09. The van der Waals surface area contributed by atoms with Crippen LogP contribution in [0.3, 0.4) is 0 Å². The van der Waals surface area contributed by atoms with Crippen molar-refractivity contribution in [1.29, 1.82) is 0 Å². The van der Waals surface area contributed by atoms with Gasteiger partial charge in [-0.1, -0.05) is 6.07 Å². The number of thiophene rings is 1. The molecule has 0 saturated heterocycles. The number of carbonyl (C=O) groups excluding carboxylic acids is 2. The lowest BCUT2D eigenvalue weighted by molar-refractivity contribution is -0.142. The highest BCUT2D eigenvalue weighted by Gasteiger charge is 2.33. The van der Waals surface area contributed by atoms with E-state index in [1.54, 1.807) is 31.4 Å². The van der Waals surface area contributed by atoms with Crippen molar-refractivity contribution in [3.63, 3.8) is 0 Å². The van der Waals surface area contributed by atoms with E-state index in [1.807, 2.05) is 6.26 Å². The molecule has 0 fully saturated rings. The van der Waals surface area contributed by atoms with E-state index in [4.69, 9.17) is 5.11 Å². The van der Waals surface area contributed by atoms with Gasteiger partial charge in [0.05, 0.1) is 4.88 Å². The lowest BCUT2D eigenvalue weighted by Crippen LogP contribution is -2.57. The number of amides is 2. The van der Waals surface area contributed by atoms with E-state index < -0.39 is 23.5 Å². The maximum atomic E-state index is 12.3. The first-order valence-electron chi connectivity index (χ1n) is 6.66. The van der Waals surface area contributed by atoms with Crippen molar-refractivity contribution in [2.75, 3.05) is 12.0 Å². The molecule has 1 heterocycles. The van der Waals surface area contributed by atoms with Crippen LogP contribution >= 0.6 is 23.1 Å². The third-order valence-corrected chi connectivity index (χ3v) is 4.47. The molecule has 0 aliphatic carbocycles. The van der Waals surface area contributed by atoms with E-state index in [2.05, 4.69) is 10.6 Å². The molecule has 1 atom stereocenters. The quantitative estimate of drug-likeness (QED) is 0.665. The number of thioether (sulfide) groups is 1. The van der Waals surface area contributed by atoms with Gasteiger partial charge >= 0.3 is 5.97 Å². The van der Waals surface area contributed by atoms with Crippen LogP contribution in [0.5, 0.6) is 0 Å². The number of hydrogen-bond donors (Lipinski definition) is 3. The number of rotatable bonds is 8. The lowest BCUT2D eigenvalue weighted by atomic mass is 10.0. The van der Waals surface area contributed by atoms with Gasteiger partial charge < -0.3 is 15.7 Å². The fourth-order valence-corrected chi connectivity index (χ4v) is 2.73. The minimum absolute atomic E-state index is 0.331. The van der Waals surface area contributed by atoms with E-state index in [-0.39, 0.29) is 5.91 Å². The van der Waals surface area contributed by atoms with E-state index in [1.165, 1.54) is 23.1 Å². The lowest BCUT2D eigenvalue weighted by Gasteiger charge is -2.26. The van der Waals surface area contributed by atoms with Gasteiger partial charge in [0.1, 0.15) is 11.6 Å². The van der Waals surface area contributed by atoms with Gasteiger partial charge in [0.25, 0.3) is 5.91 Å². The number of hydrogen-bond acceptors (Lipinski definition) is 5. The Morgan fingerprint density at radius 2 is 2.09 bits per heavy atom. The van der Waals surface area contributed by atoms with Crippen LogP contribution in [0.25, 0.3) is 0 Å². The second-order valence-electron chi connectivity index (χ2n) is 5.20. The van der Waals surface area contributed by atoms with Gasteiger partial charge in [-0.05, 0) is 43.7 Å². The highest BCUT2D eigenvalue weighted by atomic mass is 32.2. The van der Waals surface area contributed by atoms with Crippen molar-refractivity contribution in [2.45, 2.75) is 31.8 Å². The average Bonchev–Trinajstić information content (AvgIpc) is 2.96. The molecule has 0 unspecified atom stereocenters. The van der Waals surface area contributed by atoms with Crippen LogP contribution in [0.15, 0.2) is 17.5 Å². The van der Waals surface area contributed by atoms with Crippen LogP contribution < -0.4 is 10.6 Å². The normalized spacial score (nSPS) is 12.5. The molecule has 1 aromatic rings. The van der Waals surface area contributed by atoms with Gasteiger partial charge in [0, 0.05) is 0 Å². The summed E-state index contributed by atoms with van der Waals surface area (Å²) in [5.41, 5.74) is -1.20. The van der Waals surface area contributed by atoms with Crippen LogP contribution in [0.4, 0.5) is 0 Å². The topological polar surface area (TPSA) is 95.5 Å². The van der Waals surface area contributed by atoms with Gasteiger partial charge in [-0.25, -0.2) is 4.79 Å². The number of carbonyl (C=O) groups is 3. The summed E-state index contributed by atoms with van der Waals surface area (Å²) in [6.07, 6.45) is 2.20. The minimum Gasteiger partial charge on any atom is -0.480 e. The summed E-state index contributed by atoms with van der Waals surface area (Å²) < 4.78 is 0. The second kappa shape index (κ2) is 8.19. The zero-order valence-corrected chi connectivity index (χ0v) is 14.3. The summed E-state index contributed by atoms with van der Waals surface area (Å²) >= 11 is 2.78. The van der Waals surface area contributed by atoms with Crippen molar-refractivity contribution >= 4 is 40.9 Å². The Bertz CT molecular complexity index is 529. The number of nitrogens with one attached hydrogen (secondary N) is 2. The van der Waals surface area contributed by atoms with Crippen LogP contribution in [-0.2, 0) is 9.59 Å². The van der Waals surface area contributed by atoms with Gasteiger partial charge in [-0.2, -0.15) is 11.8 Å². The summed E-state index contributed by atoms with van der Waals surface area (Å²) in [5, 5.41) is 16.0. The van der Waals surface area contributed by atoms with Crippen LogP contribution in [0.1, 0.15) is 29.9 Å². The second-order valence-corrected chi connectivity index (χ2v) is 7.14. The molecule has 0 radical (unpaired) electrons. The fourth-order valence-electron chi connectivity index (χ4n) is 1.64. The molecule has 1 rings (SSSR count). The first-order chi connectivity index (χ1) is 10.3. The molecule has 0 aromatic carbocycles. The summed E-state index contributed by atoms with van der Waals surface area (Å²) in [7, 11) is 0. The Balaban J connectivity index is 2.68. The van der Waals surface area contributed by atoms with Crippen molar-refractivity contribution in [3.8, 4) is 0 Å². The molecule has 0 saturated carbocycles. The van der Waals surface area contributed by atoms with Gasteiger partial charge in [0.15, 0.2) is 0 Å². The fraction of sp³-hybridized carbons (Fsp3) is 0.500. The molecule has 0 aliphatic heterocycles. The summed E-state index contributed by atoms with van der Waals surface area (Å²) in [5.74, 6) is -1.33. The number of carboxylic acids is 1. The van der Waals surface area contributed by atoms with Gasteiger partial charge in [-0.15, -0.1) is 11.3 Å². The molecule has 0 spiro atoms. The van der Waals surface area contributed by atoms with Gasteiger partial charge in [-0.3, -0.25) is 9.59 Å². The molecule has 122 valence electrons. The Morgan fingerprint density at radius 1 is 1.41 bits per heavy atom. The summed E-state index contributed by atoms with van der Waals surface area (Å²) in [4.78, 5) is 35.9. The molecule has 22 heavy (non-hydrogen) atoms. The SMILES string of the molecule is CSCC[C@@H](NC(=O)C(C)(C)NC(=O)c1cccs1)C(=O)O. The third kappa shape index (κ3) is 5.34. The van der Waals surface area contributed by atoms with E-state index in [0.717, 1.165) is 0 Å². The smallest absolute Gasteiger partial charge is 0.326 e. The molecular weight excluding hydrogens is 324 g/mol. The molecule has 0 bridgehead atoms. The summed E-state index contributed by atoms with van der Waals surface area (Å²) in [6, 6.07) is 2.44. The molecule has 0 aliphatic rings. The predicted octanol–water partition coefficient (Wildman–Crippen LogP) is 1.58. The number of aliphatic carboxylic acids is 1. The van der Waals surface area contributed by atoms with Crippen molar-refractivity contribution in [3.05, 3.63) is 22.4 Å². The van der Waals surface area contributed by atoms with Crippen molar-refractivity contribution in [2.24, 2.45) is 0 Å². The average molecular weight is 344 g/mol. The third-order valence-electron chi connectivity index (χ3n) is 2.95. The molecule has 6 nitrogen and oxygen atoms in total. The zero-order valence-electron chi connectivity index (χ0n) is 12.7. The van der Waals surface area contributed by atoms with Crippen molar-refractivity contribution < 1.29 is 19.5 Å². The standard InChI is InChI=1S/C14H20N2O4S2/c1-14(2,16-11(17)10-5-4-7-22-10)13(20)15-9(12(18)19)6-8-21-3/h4-5,7,9H,6,8H2,1-3H3,(H,15,20)(H,16,17)(H,18,19)/t9-/m1/s1. The molecule has 8 heteroatoms. The number of carboxylic acid groups (broad SMARTS) is 1. The van der Waals surface area contributed by atoms with E-state index >= 15 is 0 Å². The van der Waals surface area contributed by atoms with Crippen molar-refractivity contribution in [1.82, 2.24) is 10.6 Å². The Morgan fingerprint density at radius 3 is 2.59 bits per heavy atom. The Kier molecular flexibility index (Phi) is 6.89. The monoisotopic (exact) mass is 344 g/mol. The van der Waals surface area contributed by atoms with E-state index in [0.29, 0.717) is 17.1 Å². The molecule has 2 amide bonds. The highest BCUT2D eigenvalue weighted by molar-refractivity contribution is 7.98. The first-order valence-corrected chi connectivity index (χ1v) is 8.94. The molecular formula is C14H20N2O4S2. The van der Waals surface area contributed by atoms with Crippen LogP contribution in [-0.4, -0.2) is 46.5 Å². The highest BCUT2D eigenvalue weighted by Crippen LogP contribution is 2.12. The Hall–Kier alpha value is -1.54. The molecule has 3 N–H and O–H groups in total. The minimum atomic E-state index is -1.20. The maximum absolute atomic E-state index is 12.3. The predicted molar refractivity (Wildman–Crippen MR) is 88.4 cm³/mol. The van der Waals surface area contributed by atoms with Crippen LogP contribution in [0, 0.1) is 0 Å².